The van der Waals surface area contributed by atoms with E-state index in [4.69, 9.17) is 23.2 Å². The molecule has 8 heteroatoms. The Morgan fingerprint density at radius 3 is 2.88 bits per heavy atom. The second-order valence-electron chi connectivity index (χ2n) is 5.09. The van der Waals surface area contributed by atoms with Gasteiger partial charge in [-0.3, -0.25) is 4.79 Å². The fourth-order valence-electron chi connectivity index (χ4n) is 2.19. The minimum Gasteiger partial charge on any atom is -0.271 e. The van der Waals surface area contributed by atoms with Crippen LogP contribution >= 0.6 is 23.2 Å². The van der Waals surface area contributed by atoms with Crippen molar-refractivity contribution in [3.05, 3.63) is 58.1 Å². The number of rotatable bonds is 4. The molecule has 1 N–H and O–H groups in total. The predicted octanol–water partition coefficient (Wildman–Crippen LogP) is 3.28. The van der Waals surface area contributed by atoms with Crippen molar-refractivity contribution in [1.29, 1.82) is 0 Å². The lowest BCUT2D eigenvalue weighted by molar-refractivity contribution is -0.121. The molecule has 0 aliphatic carbocycles. The number of halogens is 2. The van der Waals surface area contributed by atoms with E-state index < -0.39 is 0 Å². The smallest absolute Gasteiger partial charge is 0.261 e. The van der Waals surface area contributed by atoms with Gasteiger partial charge in [-0.2, -0.15) is 5.10 Å². The van der Waals surface area contributed by atoms with E-state index in [2.05, 4.69) is 20.8 Å². The van der Waals surface area contributed by atoms with Crippen LogP contribution in [0.15, 0.2) is 47.6 Å². The summed E-state index contributed by atoms with van der Waals surface area (Å²) in [5.74, 6) is -0.317. The van der Waals surface area contributed by atoms with Gasteiger partial charge in [-0.1, -0.05) is 40.5 Å². The second kappa shape index (κ2) is 6.98. The molecule has 0 spiro atoms. The molecular weight excluding hydrogens is 349 g/mol. The van der Waals surface area contributed by atoms with Crippen molar-refractivity contribution in [2.45, 2.75) is 13.5 Å². The van der Waals surface area contributed by atoms with Crippen LogP contribution in [0.3, 0.4) is 0 Å². The topological polar surface area (TPSA) is 72.2 Å². The Balaban J connectivity index is 1.72. The molecule has 0 saturated carbocycles. The SMILES string of the molecule is C/C(=N/NC(=O)Cn1nnc2ccccc21)c1cc(Cl)ccc1Cl. The molecule has 3 aromatic rings. The van der Waals surface area contributed by atoms with Crippen LogP contribution in [0.1, 0.15) is 12.5 Å². The highest BCUT2D eigenvalue weighted by Gasteiger charge is 2.09. The van der Waals surface area contributed by atoms with Gasteiger partial charge in [0, 0.05) is 15.6 Å². The van der Waals surface area contributed by atoms with Crippen molar-refractivity contribution in [2.24, 2.45) is 5.10 Å². The molecule has 1 amide bonds. The molecule has 0 unspecified atom stereocenters. The van der Waals surface area contributed by atoms with E-state index in [9.17, 15) is 4.79 Å². The summed E-state index contributed by atoms with van der Waals surface area (Å²) >= 11 is 12.1. The number of hydrogen-bond donors (Lipinski definition) is 1. The highest BCUT2D eigenvalue weighted by atomic mass is 35.5. The normalized spacial score (nSPS) is 11.7. The maximum atomic E-state index is 12.1. The molecule has 0 fully saturated rings. The number of carbonyl (C=O) groups is 1. The van der Waals surface area contributed by atoms with Crippen LogP contribution in [0.5, 0.6) is 0 Å². The third-order valence-corrected chi connectivity index (χ3v) is 3.94. The van der Waals surface area contributed by atoms with Crippen molar-refractivity contribution >= 4 is 45.9 Å². The van der Waals surface area contributed by atoms with Crippen molar-refractivity contribution in [3.8, 4) is 0 Å². The quantitative estimate of drug-likeness (QED) is 0.572. The van der Waals surface area contributed by atoms with Gasteiger partial charge in [0.25, 0.3) is 5.91 Å². The zero-order valence-corrected chi connectivity index (χ0v) is 14.2. The number of hydrazone groups is 1. The van der Waals surface area contributed by atoms with E-state index in [0.29, 0.717) is 21.3 Å². The van der Waals surface area contributed by atoms with Crippen molar-refractivity contribution < 1.29 is 4.79 Å². The summed E-state index contributed by atoms with van der Waals surface area (Å²) in [5.41, 5.74) is 5.22. The van der Waals surface area contributed by atoms with Gasteiger partial charge in [0.2, 0.25) is 0 Å². The van der Waals surface area contributed by atoms with Gasteiger partial charge >= 0.3 is 0 Å². The summed E-state index contributed by atoms with van der Waals surface area (Å²) in [6.45, 7) is 1.75. The molecule has 0 bridgehead atoms. The fraction of sp³-hybridized carbons (Fsp3) is 0.125. The molecule has 3 rings (SSSR count). The molecule has 6 nitrogen and oxygen atoms in total. The molecule has 1 heterocycles. The Morgan fingerprint density at radius 2 is 2.04 bits per heavy atom. The summed E-state index contributed by atoms with van der Waals surface area (Å²) in [7, 11) is 0. The molecule has 2 aromatic carbocycles. The van der Waals surface area contributed by atoms with Crippen LogP contribution in [0, 0.1) is 0 Å². The number of hydrogen-bond acceptors (Lipinski definition) is 4. The largest absolute Gasteiger partial charge is 0.271 e. The number of carbonyl (C=O) groups excluding carboxylic acids is 1. The van der Waals surface area contributed by atoms with Crippen LogP contribution < -0.4 is 5.43 Å². The van der Waals surface area contributed by atoms with E-state index in [1.165, 1.54) is 4.68 Å². The van der Waals surface area contributed by atoms with Crippen molar-refractivity contribution in [2.75, 3.05) is 0 Å². The minimum absolute atomic E-state index is 0.0145. The summed E-state index contributed by atoms with van der Waals surface area (Å²) in [4.78, 5) is 12.1. The van der Waals surface area contributed by atoms with Crippen LogP contribution in [0.25, 0.3) is 11.0 Å². The average Bonchev–Trinajstić information content (AvgIpc) is 2.98. The highest BCUT2D eigenvalue weighted by Crippen LogP contribution is 2.21. The van der Waals surface area contributed by atoms with Gasteiger partial charge in [-0.15, -0.1) is 5.10 Å². The first kappa shape index (κ1) is 16.4. The molecule has 0 aliphatic rings. The van der Waals surface area contributed by atoms with Crippen LogP contribution in [0.4, 0.5) is 0 Å². The Bertz CT molecular complexity index is 935. The Hall–Kier alpha value is -2.44. The third kappa shape index (κ3) is 3.55. The van der Waals surface area contributed by atoms with Gasteiger partial charge in [0.1, 0.15) is 12.1 Å². The first-order valence-electron chi connectivity index (χ1n) is 7.11. The zero-order chi connectivity index (χ0) is 17.1. The molecule has 0 atom stereocenters. The molecule has 0 radical (unpaired) electrons. The summed E-state index contributed by atoms with van der Waals surface area (Å²) in [5, 5.41) is 13.1. The van der Waals surface area contributed by atoms with Crippen LogP contribution in [-0.2, 0) is 11.3 Å². The van der Waals surface area contributed by atoms with Gasteiger partial charge in [0.15, 0.2) is 0 Å². The summed E-state index contributed by atoms with van der Waals surface area (Å²) < 4.78 is 1.52. The number of amides is 1. The molecule has 0 saturated heterocycles. The van der Waals surface area contributed by atoms with Crippen LogP contribution in [0.2, 0.25) is 10.0 Å². The molecule has 122 valence electrons. The number of nitrogens with zero attached hydrogens (tertiary/aromatic N) is 4. The Labute approximate surface area is 148 Å². The number of fused-ring (bicyclic) bond motifs is 1. The molecular formula is C16H13Cl2N5O. The molecule has 24 heavy (non-hydrogen) atoms. The summed E-state index contributed by atoms with van der Waals surface area (Å²) in [6.07, 6.45) is 0. The third-order valence-electron chi connectivity index (χ3n) is 3.38. The van der Waals surface area contributed by atoms with E-state index in [1.807, 2.05) is 24.3 Å². The number of nitrogens with one attached hydrogen (secondary N) is 1. The zero-order valence-electron chi connectivity index (χ0n) is 12.7. The lowest BCUT2D eigenvalue weighted by Gasteiger charge is -2.06. The highest BCUT2D eigenvalue weighted by molar-refractivity contribution is 6.36. The standard InChI is InChI=1S/C16H13Cl2N5O/c1-10(12-8-11(17)6-7-13(12)18)19-21-16(24)9-23-15-5-3-2-4-14(15)20-22-23/h2-8H,9H2,1H3,(H,21,24)/b19-10-. The monoisotopic (exact) mass is 361 g/mol. The molecule has 1 aromatic heterocycles. The van der Waals surface area contributed by atoms with E-state index in [0.717, 1.165) is 11.0 Å². The maximum Gasteiger partial charge on any atom is 0.261 e. The first-order chi connectivity index (χ1) is 11.5. The van der Waals surface area contributed by atoms with Gasteiger partial charge in [-0.05, 0) is 37.3 Å². The lowest BCUT2D eigenvalue weighted by atomic mass is 10.1. The van der Waals surface area contributed by atoms with E-state index in [-0.39, 0.29) is 12.5 Å². The van der Waals surface area contributed by atoms with Gasteiger partial charge in [-0.25, -0.2) is 10.1 Å². The predicted molar refractivity (Wildman–Crippen MR) is 94.3 cm³/mol. The molecule has 0 aliphatic heterocycles. The van der Waals surface area contributed by atoms with E-state index >= 15 is 0 Å². The summed E-state index contributed by atoms with van der Waals surface area (Å²) in [6, 6.07) is 12.5. The van der Waals surface area contributed by atoms with Crippen molar-refractivity contribution in [3.63, 3.8) is 0 Å². The van der Waals surface area contributed by atoms with Crippen LogP contribution in [-0.4, -0.2) is 26.6 Å². The maximum absolute atomic E-state index is 12.1. The fourth-order valence-corrected chi connectivity index (χ4v) is 2.61. The van der Waals surface area contributed by atoms with E-state index in [1.54, 1.807) is 25.1 Å². The number of para-hydroxylation sites is 1. The first-order valence-corrected chi connectivity index (χ1v) is 7.87. The van der Waals surface area contributed by atoms with Gasteiger partial charge < -0.3 is 0 Å². The average molecular weight is 362 g/mol. The Kier molecular flexibility index (Phi) is 4.78. The Morgan fingerprint density at radius 1 is 1.25 bits per heavy atom. The number of benzene rings is 2. The van der Waals surface area contributed by atoms with Crippen molar-refractivity contribution in [1.82, 2.24) is 20.4 Å². The second-order valence-corrected chi connectivity index (χ2v) is 5.94. The lowest BCUT2D eigenvalue weighted by Crippen LogP contribution is -2.24. The minimum atomic E-state index is -0.317. The van der Waals surface area contributed by atoms with Gasteiger partial charge in [0.05, 0.1) is 11.2 Å². The number of aromatic nitrogens is 3.